The third-order valence-electron chi connectivity index (χ3n) is 12.3. The van der Waals surface area contributed by atoms with E-state index in [1.807, 2.05) is 36.4 Å². The summed E-state index contributed by atoms with van der Waals surface area (Å²) in [5, 5.41) is 20.7. The van der Waals surface area contributed by atoms with E-state index in [0.29, 0.717) is 63.2 Å². The van der Waals surface area contributed by atoms with Crippen LogP contribution in [0.5, 0.6) is 0 Å². The average molecular weight is 832 g/mol. The van der Waals surface area contributed by atoms with Crippen LogP contribution in [0, 0.1) is 17.8 Å². The normalized spacial score (nSPS) is 21.1. The van der Waals surface area contributed by atoms with Gasteiger partial charge >= 0.3 is 6.09 Å². The second-order valence-corrected chi connectivity index (χ2v) is 18.4. The zero-order valence-corrected chi connectivity index (χ0v) is 36.4. The van der Waals surface area contributed by atoms with Crippen LogP contribution in [-0.2, 0) is 36.8 Å². The van der Waals surface area contributed by atoms with Gasteiger partial charge in [0.25, 0.3) is 0 Å². The summed E-state index contributed by atoms with van der Waals surface area (Å²) in [5.74, 6) is -1.12. The molecule has 3 fully saturated rings. The first-order valence-electron chi connectivity index (χ1n) is 22.2. The van der Waals surface area contributed by atoms with Gasteiger partial charge in [0.2, 0.25) is 23.6 Å². The number of aromatic nitrogens is 2. The van der Waals surface area contributed by atoms with Crippen LogP contribution in [0.15, 0.2) is 55.5 Å². The van der Waals surface area contributed by atoms with E-state index in [4.69, 9.17) is 4.74 Å². The summed E-state index contributed by atoms with van der Waals surface area (Å²) >= 11 is 0. The summed E-state index contributed by atoms with van der Waals surface area (Å²) in [6, 6.07) is 5.00. The quantitative estimate of drug-likeness (QED) is 0.127. The number of imidazole rings is 1. The van der Waals surface area contributed by atoms with E-state index in [0.717, 1.165) is 31.2 Å². The van der Waals surface area contributed by atoms with Gasteiger partial charge in [0.15, 0.2) is 0 Å². The number of nitrogens with one attached hydrogen (secondary N) is 4. The molecule has 1 aromatic carbocycles. The number of allylic oxidation sites excluding steroid dienone is 1. The van der Waals surface area contributed by atoms with Crippen LogP contribution in [-0.4, -0.2) is 110 Å². The van der Waals surface area contributed by atoms with Crippen molar-refractivity contribution < 1.29 is 33.8 Å². The fourth-order valence-corrected chi connectivity index (χ4v) is 8.94. The Bertz CT molecular complexity index is 1720. The molecule has 0 radical (unpaired) electrons. The summed E-state index contributed by atoms with van der Waals surface area (Å²) in [7, 11) is 0. The number of ether oxygens (including phenoxy) is 1. The van der Waals surface area contributed by atoms with Crippen LogP contribution in [0.2, 0.25) is 0 Å². The average Bonchev–Trinajstić information content (AvgIpc) is 4.02. The Hall–Kier alpha value is -4.72. The molecular formula is C46H69N7O7. The Labute approximate surface area is 356 Å². The van der Waals surface area contributed by atoms with Crippen molar-refractivity contribution in [2.75, 3.05) is 13.1 Å². The molecule has 60 heavy (non-hydrogen) atoms. The lowest BCUT2D eigenvalue weighted by atomic mass is 9.81. The lowest BCUT2D eigenvalue weighted by Gasteiger charge is -2.33. The molecule has 0 bridgehead atoms. The minimum Gasteiger partial charge on any atom is -0.444 e. The van der Waals surface area contributed by atoms with Gasteiger partial charge in [0.05, 0.1) is 18.5 Å². The van der Waals surface area contributed by atoms with Crippen molar-refractivity contribution in [2.45, 2.75) is 160 Å². The summed E-state index contributed by atoms with van der Waals surface area (Å²) < 4.78 is 5.59. The Morgan fingerprint density at radius 2 is 1.53 bits per heavy atom. The van der Waals surface area contributed by atoms with Crippen LogP contribution in [0.25, 0.3) is 0 Å². The Kier molecular flexibility index (Phi) is 16.8. The first kappa shape index (κ1) is 46.3. The van der Waals surface area contributed by atoms with Crippen LogP contribution in [0.3, 0.4) is 0 Å². The van der Waals surface area contributed by atoms with Crippen molar-refractivity contribution in [1.29, 1.82) is 0 Å². The number of aliphatic hydroxyl groups excluding tert-OH is 1. The third-order valence-corrected chi connectivity index (χ3v) is 12.3. The fraction of sp³-hybridized carbons (Fsp3) is 0.652. The highest BCUT2D eigenvalue weighted by molar-refractivity contribution is 5.96. The number of nitrogens with zero attached hydrogens (tertiary/aromatic N) is 3. The maximum atomic E-state index is 14.5. The first-order chi connectivity index (χ1) is 28.6. The van der Waals surface area contributed by atoms with Crippen LogP contribution in [0.1, 0.15) is 117 Å². The first-order valence-corrected chi connectivity index (χ1v) is 22.2. The van der Waals surface area contributed by atoms with E-state index >= 15 is 0 Å². The predicted molar refractivity (Wildman–Crippen MR) is 229 cm³/mol. The number of hydrogen-bond acceptors (Lipinski definition) is 8. The lowest BCUT2D eigenvalue weighted by molar-refractivity contribution is -0.142. The van der Waals surface area contributed by atoms with Gasteiger partial charge in [-0.1, -0.05) is 82.4 Å². The Morgan fingerprint density at radius 1 is 0.883 bits per heavy atom. The predicted octanol–water partition coefficient (Wildman–Crippen LogP) is 5.22. The molecule has 2 aromatic rings. The molecule has 3 aliphatic rings. The summed E-state index contributed by atoms with van der Waals surface area (Å²) in [4.78, 5) is 80.3. The molecule has 14 heteroatoms. The lowest BCUT2D eigenvalue weighted by Crippen LogP contribution is -2.59. The number of H-pyrrole nitrogens is 1. The second kappa shape index (κ2) is 21.7. The van der Waals surface area contributed by atoms with Gasteiger partial charge in [-0.15, -0.1) is 6.58 Å². The largest absolute Gasteiger partial charge is 0.444 e. The van der Waals surface area contributed by atoms with E-state index < -0.39 is 65.7 Å². The van der Waals surface area contributed by atoms with Gasteiger partial charge in [-0.05, 0) is 82.6 Å². The number of likely N-dealkylation sites (tertiary alicyclic amines) is 2. The molecule has 1 saturated carbocycles. The molecule has 3 heterocycles. The Morgan fingerprint density at radius 3 is 2.17 bits per heavy atom. The highest BCUT2D eigenvalue weighted by Gasteiger charge is 2.44. The maximum Gasteiger partial charge on any atom is 0.410 e. The van der Waals surface area contributed by atoms with E-state index in [9.17, 15) is 29.1 Å². The van der Waals surface area contributed by atoms with Gasteiger partial charge < -0.3 is 35.7 Å². The van der Waals surface area contributed by atoms with Crippen molar-refractivity contribution in [2.24, 2.45) is 17.8 Å². The van der Waals surface area contributed by atoms with E-state index in [2.05, 4.69) is 46.3 Å². The monoisotopic (exact) mass is 832 g/mol. The molecule has 7 atom stereocenters. The number of amides is 5. The van der Waals surface area contributed by atoms with Crippen molar-refractivity contribution in [3.63, 3.8) is 0 Å². The number of aliphatic hydroxyl groups is 1. The minimum absolute atomic E-state index is 0.0572. The number of carbonyl (C=O) groups is 5. The van der Waals surface area contributed by atoms with Crippen molar-refractivity contribution in [3.8, 4) is 0 Å². The van der Waals surface area contributed by atoms with Gasteiger partial charge in [0, 0.05) is 37.8 Å². The van der Waals surface area contributed by atoms with Gasteiger partial charge in [-0.2, -0.15) is 0 Å². The molecule has 0 unspecified atom stereocenters. The van der Waals surface area contributed by atoms with Gasteiger partial charge in [-0.3, -0.25) is 24.1 Å². The molecule has 5 amide bonds. The summed E-state index contributed by atoms with van der Waals surface area (Å²) in [5.41, 5.74) is 0.696. The van der Waals surface area contributed by atoms with E-state index in [-0.39, 0.29) is 30.6 Å². The fourth-order valence-electron chi connectivity index (χ4n) is 8.94. The highest BCUT2D eigenvalue weighted by atomic mass is 16.6. The second-order valence-electron chi connectivity index (χ2n) is 18.4. The molecule has 330 valence electrons. The zero-order chi connectivity index (χ0) is 43.4. The number of hydrogen-bond donors (Lipinski definition) is 5. The smallest absolute Gasteiger partial charge is 0.410 e. The van der Waals surface area contributed by atoms with Gasteiger partial charge in [0.1, 0.15) is 29.8 Å². The van der Waals surface area contributed by atoms with Gasteiger partial charge in [-0.25, -0.2) is 9.78 Å². The van der Waals surface area contributed by atoms with E-state index in [1.165, 1.54) is 22.5 Å². The van der Waals surface area contributed by atoms with Crippen LogP contribution >= 0.6 is 0 Å². The zero-order valence-electron chi connectivity index (χ0n) is 36.4. The molecule has 1 aromatic heterocycles. The number of carbonyl (C=O) groups excluding carboxylic acids is 5. The molecule has 14 nitrogen and oxygen atoms in total. The summed E-state index contributed by atoms with van der Waals surface area (Å²) in [6.07, 6.45) is 12.5. The molecule has 5 rings (SSSR count). The molecule has 5 N–H and O–H groups in total. The highest BCUT2D eigenvalue weighted by Crippen LogP contribution is 2.30. The molecule has 1 aliphatic carbocycles. The van der Waals surface area contributed by atoms with Crippen LogP contribution in [0.4, 0.5) is 4.79 Å². The van der Waals surface area contributed by atoms with Crippen LogP contribution < -0.4 is 16.0 Å². The summed E-state index contributed by atoms with van der Waals surface area (Å²) in [6.45, 7) is 14.2. The van der Waals surface area contributed by atoms with Crippen molar-refractivity contribution in [3.05, 3.63) is 66.8 Å². The molecule has 0 spiro atoms. The standard InChI is InChI=1S/C46H69N7O7/c1-7-33(30(2)3)26-40(54)35(24-31-16-10-8-11-17-31)49-42(56)37(27-34-28-47-29-48-34)50-41(55)36(25-32-18-12-9-13-19-32)51-43(57)38-20-14-22-52(38)44(58)39-21-15-23-53(39)45(59)60-46(4,5)6/h7,9,12-13,18-19,28-31,33,35-40,54H,1,8,10-11,14-17,20-27H2,2-6H3,(H,47,48)(H,49,56)(H,50,55)(H,51,57)/t33-,35+,36+,37+,38+,39-,40+/m1/s1. The number of aromatic amines is 1. The van der Waals surface area contributed by atoms with Crippen molar-refractivity contribution in [1.82, 2.24) is 35.7 Å². The minimum atomic E-state index is -1.10. The number of benzene rings is 1. The molecular weight excluding hydrogens is 763 g/mol. The molecule has 2 saturated heterocycles. The van der Waals surface area contributed by atoms with Crippen molar-refractivity contribution >= 4 is 29.7 Å². The Balaban J connectivity index is 1.35. The SMILES string of the molecule is C=C[C@H](C[C@H](O)[C@H](CC1CCCCC1)NC(=O)[C@H](Cc1cnc[nH]1)NC(=O)[C@H](Cc1ccccc1)NC(=O)[C@@H]1CCCN1C(=O)[C@H]1CCCN1C(=O)OC(C)(C)C)C(C)C. The van der Waals surface area contributed by atoms with E-state index in [1.54, 1.807) is 27.0 Å². The number of rotatable bonds is 18. The molecule has 2 aliphatic heterocycles. The third kappa shape index (κ3) is 13.1. The topological polar surface area (TPSA) is 186 Å². The maximum absolute atomic E-state index is 14.5.